The predicted molar refractivity (Wildman–Crippen MR) is 111 cm³/mol. The van der Waals surface area contributed by atoms with Crippen LogP contribution in [0.25, 0.3) is 11.0 Å². The summed E-state index contributed by atoms with van der Waals surface area (Å²) in [5.41, 5.74) is 2.29. The van der Waals surface area contributed by atoms with E-state index < -0.39 is 6.04 Å². The van der Waals surface area contributed by atoms with Crippen molar-refractivity contribution in [1.82, 2.24) is 4.98 Å². The molecule has 1 unspecified atom stereocenters. The van der Waals surface area contributed by atoms with Crippen molar-refractivity contribution in [3.05, 3.63) is 86.7 Å². The first-order chi connectivity index (χ1) is 14.1. The molecule has 1 aliphatic heterocycles. The van der Waals surface area contributed by atoms with Gasteiger partial charge < -0.3 is 9.15 Å². The van der Waals surface area contributed by atoms with Crippen LogP contribution in [0.15, 0.2) is 63.3 Å². The van der Waals surface area contributed by atoms with Crippen LogP contribution in [0.5, 0.6) is 5.75 Å². The predicted octanol–water partition coefficient (Wildman–Crippen LogP) is 4.32. The van der Waals surface area contributed by atoms with Crippen molar-refractivity contribution in [2.24, 2.45) is 0 Å². The zero-order valence-electron chi connectivity index (χ0n) is 15.7. The number of hydrogen-bond donors (Lipinski definition) is 0. The molecular weight excluding hydrogens is 388 g/mol. The first kappa shape index (κ1) is 17.6. The van der Waals surface area contributed by atoms with Crippen LogP contribution in [0.2, 0.25) is 0 Å². The number of fused-ring (bicyclic) bond motifs is 2. The number of anilines is 1. The van der Waals surface area contributed by atoms with Crippen LogP contribution in [-0.4, -0.2) is 18.0 Å². The van der Waals surface area contributed by atoms with Crippen LogP contribution < -0.4 is 15.1 Å². The van der Waals surface area contributed by atoms with Gasteiger partial charge in [-0.2, -0.15) is 0 Å². The van der Waals surface area contributed by atoms with E-state index in [2.05, 4.69) is 4.98 Å². The molecule has 0 bridgehead atoms. The Hall–Kier alpha value is -3.45. The van der Waals surface area contributed by atoms with Crippen molar-refractivity contribution in [2.45, 2.75) is 13.0 Å². The smallest absolute Gasteiger partial charge is 0.297 e. The van der Waals surface area contributed by atoms with Gasteiger partial charge in [-0.25, -0.2) is 4.98 Å². The standard InChI is InChI=1S/C22H16N2O4S/c1-12-3-8-16-15(11-12)19(25)17-18(13-4-6-14(27-2)7-5-13)24(21(26)20(17)28-16)22-23-9-10-29-22/h3-11,18H,1-2H3. The van der Waals surface area contributed by atoms with Crippen molar-refractivity contribution in [3.8, 4) is 5.75 Å². The molecule has 0 spiro atoms. The van der Waals surface area contributed by atoms with E-state index in [1.807, 2.05) is 37.3 Å². The third kappa shape index (κ3) is 2.66. The Kier molecular flexibility index (Phi) is 3.99. The largest absolute Gasteiger partial charge is 0.497 e. The maximum absolute atomic E-state index is 13.5. The maximum atomic E-state index is 13.5. The fourth-order valence-electron chi connectivity index (χ4n) is 3.72. The summed E-state index contributed by atoms with van der Waals surface area (Å²) in [5.74, 6) is 0.401. The Balaban J connectivity index is 1.80. The fourth-order valence-corrected chi connectivity index (χ4v) is 4.39. The Morgan fingerprint density at radius 2 is 1.93 bits per heavy atom. The van der Waals surface area contributed by atoms with Gasteiger partial charge >= 0.3 is 0 Å². The number of hydrogen-bond acceptors (Lipinski definition) is 6. The number of aromatic nitrogens is 1. The second-order valence-electron chi connectivity index (χ2n) is 6.84. The number of methoxy groups -OCH3 is 1. The van der Waals surface area contributed by atoms with E-state index >= 15 is 0 Å². The molecule has 2 aromatic heterocycles. The number of ether oxygens (including phenoxy) is 1. The summed E-state index contributed by atoms with van der Waals surface area (Å²) < 4.78 is 11.2. The number of carbonyl (C=O) groups excluding carboxylic acids is 1. The SMILES string of the molecule is COc1ccc(C2c3c(oc4ccc(C)cc4c3=O)C(=O)N2c2nccs2)cc1. The van der Waals surface area contributed by atoms with Crippen molar-refractivity contribution < 1.29 is 13.9 Å². The van der Waals surface area contributed by atoms with Crippen molar-refractivity contribution >= 4 is 33.3 Å². The lowest BCUT2D eigenvalue weighted by molar-refractivity contribution is 0.0971. The van der Waals surface area contributed by atoms with Gasteiger partial charge in [0.05, 0.1) is 24.1 Å². The number of benzene rings is 2. The molecule has 1 atom stereocenters. The van der Waals surface area contributed by atoms with Gasteiger partial charge in [0.2, 0.25) is 5.76 Å². The quantitative estimate of drug-likeness (QED) is 0.509. The summed E-state index contributed by atoms with van der Waals surface area (Å²) in [6, 6.07) is 12.1. The minimum Gasteiger partial charge on any atom is -0.497 e. The van der Waals surface area contributed by atoms with E-state index in [0.717, 1.165) is 11.1 Å². The van der Waals surface area contributed by atoms with E-state index in [9.17, 15) is 9.59 Å². The Labute approximate surface area is 170 Å². The molecule has 1 amide bonds. The van der Waals surface area contributed by atoms with Gasteiger partial charge in [0.1, 0.15) is 11.3 Å². The van der Waals surface area contributed by atoms with Crippen LogP contribution >= 0.6 is 11.3 Å². The molecule has 0 saturated carbocycles. The molecule has 2 aromatic carbocycles. The number of amides is 1. The molecule has 3 heterocycles. The Bertz CT molecular complexity index is 1290. The molecule has 0 fully saturated rings. The first-order valence-electron chi connectivity index (χ1n) is 9.03. The molecule has 0 N–H and O–H groups in total. The summed E-state index contributed by atoms with van der Waals surface area (Å²) in [4.78, 5) is 32.6. The molecule has 1 aliphatic rings. The van der Waals surface area contributed by atoms with Crippen LogP contribution in [0, 0.1) is 6.92 Å². The van der Waals surface area contributed by atoms with E-state index in [-0.39, 0.29) is 17.1 Å². The molecule has 4 aromatic rings. The second-order valence-corrected chi connectivity index (χ2v) is 7.71. The summed E-state index contributed by atoms with van der Waals surface area (Å²) in [6.07, 6.45) is 1.64. The number of nitrogens with zero attached hydrogens (tertiary/aromatic N) is 2. The molecule has 7 heteroatoms. The summed E-state index contributed by atoms with van der Waals surface area (Å²) in [6.45, 7) is 1.92. The molecule has 0 saturated heterocycles. The zero-order valence-corrected chi connectivity index (χ0v) is 16.5. The van der Waals surface area contributed by atoms with Gasteiger partial charge in [-0.05, 0) is 36.8 Å². The average Bonchev–Trinajstić information content (AvgIpc) is 3.35. The van der Waals surface area contributed by atoms with Crippen molar-refractivity contribution in [3.63, 3.8) is 0 Å². The number of rotatable bonds is 3. The highest BCUT2D eigenvalue weighted by Gasteiger charge is 2.44. The highest BCUT2D eigenvalue weighted by molar-refractivity contribution is 7.13. The van der Waals surface area contributed by atoms with Gasteiger partial charge in [0.25, 0.3) is 5.91 Å². The number of carbonyl (C=O) groups is 1. The number of thiazole rings is 1. The van der Waals surface area contributed by atoms with E-state index in [1.165, 1.54) is 16.2 Å². The van der Waals surface area contributed by atoms with Gasteiger partial charge in [0.15, 0.2) is 10.6 Å². The molecule has 29 heavy (non-hydrogen) atoms. The van der Waals surface area contributed by atoms with Gasteiger partial charge in [-0.1, -0.05) is 23.8 Å². The summed E-state index contributed by atoms with van der Waals surface area (Å²) in [5, 5.41) is 2.78. The monoisotopic (exact) mass is 404 g/mol. The molecule has 0 aliphatic carbocycles. The minimum absolute atomic E-state index is 0.0716. The van der Waals surface area contributed by atoms with E-state index in [0.29, 0.717) is 27.4 Å². The van der Waals surface area contributed by atoms with Crippen molar-refractivity contribution in [2.75, 3.05) is 12.0 Å². The topological polar surface area (TPSA) is 72.6 Å². The van der Waals surface area contributed by atoms with E-state index in [1.54, 1.807) is 30.8 Å². The lowest BCUT2D eigenvalue weighted by atomic mass is 9.98. The normalized spacial score (nSPS) is 15.7. The van der Waals surface area contributed by atoms with Crippen LogP contribution in [0.3, 0.4) is 0 Å². The Morgan fingerprint density at radius 3 is 2.62 bits per heavy atom. The summed E-state index contributed by atoms with van der Waals surface area (Å²) >= 11 is 1.34. The lowest BCUT2D eigenvalue weighted by Crippen LogP contribution is -2.29. The maximum Gasteiger partial charge on any atom is 0.297 e. The van der Waals surface area contributed by atoms with Crippen LogP contribution in [-0.2, 0) is 0 Å². The average molecular weight is 404 g/mol. The third-order valence-electron chi connectivity index (χ3n) is 5.08. The van der Waals surface area contributed by atoms with Crippen LogP contribution in [0.1, 0.15) is 33.3 Å². The minimum atomic E-state index is -0.615. The molecule has 5 rings (SSSR count). The second kappa shape index (κ2) is 6.56. The molecule has 144 valence electrons. The molecular formula is C22H16N2O4S. The molecule has 0 radical (unpaired) electrons. The highest BCUT2D eigenvalue weighted by atomic mass is 32.1. The summed E-state index contributed by atoms with van der Waals surface area (Å²) in [7, 11) is 1.59. The van der Waals surface area contributed by atoms with Gasteiger partial charge in [-0.3, -0.25) is 14.5 Å². The third-order valence-corrected chi connectivity index (χ3v) is 5.85. The molecule has 6 nitrogen and oxygen atoms in total. The zero-order chi connectivity index (χ0) is 20.1. The Morgan fingerprint density at radius 1 is 1.14 bits per heavy atom. The highest BCUT2D eigenvalue weighted by Crippen LogP contribution is 2.42. The van der Waals surface area contributed by atoms with Crippen LogP contribution in [0.4, 0.5) is 5.13 Å². The van der Waals surface area contributed by atoms with Gasteiger partial charge in [0, 0.05) is 11.6 Å². The van der Waals surface area contributed by atoms with E-state index in [4.69, 9.17) is 9.15 Å². The first-order valence-corrected chi connectivity index (χ1v) is 9.91. The van der Waals surface area contributed by atoms with Gasteiger partial charge in [-0.15, -0.1) is 11.3 Å². The number of aryl methyl sites for hydroxylation is 1. The van der Waals surface area contributed by atoms with Crippen molar-refractivity contribution in [1.29, 1.82) is 0 Å². The lowest BCUT2D eigenvalue weighted by Gasteiger charge is -2.22. The fraction of sp³-hybridized carbons (Fsp3) is 0.136.